The van der Waals surface area contributed by atoms with E-state index in [2.05, 4.69) is 70.7 Å². The first kappa shape index (κ1) is 13.6. The molecule has 0 aliphatic heterocycles. The molecule has 0 radical (unpaired) electrons. The Morgan fingerprint density at radius 2 is 1.58 bits per heavy atom. The highest BCUT2D eigenvalue weighted by molar-refractivity contribution is 5.73. The van der Waals surface area contributed by atoms with Gasteiger partial charge in [0.15, 0.2) is 0 Å². The van der Waals surface area contributed by atoms with Gasteiger partial charge in [0.1, 0.15) is 0 Å². The molecule has 0 spiro atoms. The Morgan fingerprint density at radius 1 is 0.895 bits per heavy atom. The van der Waals surface area contributed by atoms with Crippen LogP contribution in [0, 0.1) is 20.8 Å². The van der Waals surface area contributed by atoms with Crippen molar-refractivity contribution < 1.29 is 0 Å². The lowest BCUT2D eigenvalue weighted by molar-refractivity contribution is 0.973. The van der Waals surface area contributed by atoms with E-state index in [1.54, 1.807) is 0 Å². The van der Waals surface area contributed by atoms with Crippen molar-refractivity contribution in [3.63, 3.8) is 0 Å². The van der Waals surface area contributed by atoms with Crippen LogP contribution in [0.4, 0.5) is 0 Å². The molecule has 0 heterocycles. The summed E-state index contributed by atoms with van der Waals surface area (Å²) in [6, 6.07) is 13.1. The van der Waals surface area contributed by atoms with Gasteiger partial charge in [-0.3, -0.25) is 0 Å². The van der Waals surface area contributed by atoms with Gasteiger partial charge >= 0.3 is 0 Å². The lowest BCUT2D eigenvalue weighted by Gasteiger charge is -2.17. The molecule has 0 amide bonds. The molecule has 0 N–H and O–H groups in total. The lowest BCUT2D eigenvalue weighted by atomic mass is 9.87. The summed E-state index contributed by atoms with van der Waals surface area (Å²) in [6.45, 7) is 12.7. The van der Waals surface area contributed by atoms with Gasteiger partial charge in [-0.15, -0.1) is 6.58 Å². The molecular formula is C19H22. The first-order valence-corrected chi connectivity index (χ1v) is 6.85. The molecule has 0 aromatic heterocycles. The maximum absolute atomic E-state index is 3.93. The summed E-state index contributed by atoms with van der Waals surface area (Å²) < 4.78 is 0. The van der Waals surface area contributed by atoms with Crippen molar-refractivity contribution in [2.75, 3.05) is 0 Å². The number of allylic oxidation sites excluding steroid dienone is 1. The van der Waals surface area contributed by atoms with Crippen molar-refractivity contribution in [1.29, 1.82) is 0 Å². The van der Waals surface area contributed by atoms with Gasteiger partial charge in [0.05, 0.1) is 0 Å². The molecule has 0 fully saturated rings. The van der Waals surface area contributed by atoms with Crippen LogP contribution in [-0.4, -0.2) is 0 Å². The van der Waals surface area contributed by atoms with E-state index < -0.39 is 0 Å². The molecule has 0 aliphatic rings. The molecule has 2 aromatic rings. The van der Waals surface area contributed by atoms with Gasteiger partial charge in [-0.1, -0.05) is 49.4 Å². The maximum Gasteiger partial charge on any atom is -0.000696 e. The van der Waals surface area contributed by atoms with E-state index in [0.717, 1.165) is 0 Å². The lowest BCUT2D eigenvalue weighted by Crippen LogP contribution is -1.96. The largest absolute Gasteiger partial charge is 0.102 e. The third-order valence-electron chi connectivity index (χ3n) is 4.15. The number of aryl methyl sites for hydroxylation is 1. The first-order chi connectivity index (χ1) is 9.06. The molecular weight excluding hydrogens is 228 g/mol. The van der Waals surface area contributed by atoms with Gasteiger partial charge in [0, 0.05) is 0 Å². The fraction of sp³-hybridized carbons (Fsp3) is 0.263. The quantitative estimate of drug-likeness (QED) is 0.625. The number of hydrogen-bond donors (Lipinski definition) is 0. The normalized spacial score (nSPS) is 12.2. The predicted octanol–water partition coefficient (Wildman–Crippen LogP) is 5.57. The van der Waals surface area contributed by atoms with Crippen LogP contribution < -0.4 is 0 Å². The standard InChI is InChI=1S/C19H22/c1-6-13(2)17-9-7-8-10-19(17)18-12-11-14(3)15(4)16(18)5/h6-13H,1H2,2-5H3. The van der Waals surface area contributed by atoms with E-state index in [4.69, 9.17) is 0 Å². The number of benzene rings is 2. The Labute approximate surface area is 116 Å². The van der Waals surface area contributed by atoms with E-state index in [-0.39, 0.29) is 0 Å². The summed E-state index contributed by atoms with van der Waals surface area (Å²) in [7, 11) is 0. The summed E-state index contributed by atoms with van der Waals surface area (Å²) in [5.41, 5.74) is 8.14. The monoisotopic (exact) mass is 250 g/mol. The molecule has 0 heteroatoms. The minimum absolute atomic E-state index is 0.372. The van der Waals surface area contributed by atoms with E-state index in [1.807, 2.05) is 6.08 Å². The second-order valence-electron chi connectivity index (χ2n) is 5.29. The average Bonchev–Trinajstić information content (AvgIpc) is 2.44. The molecule has 0 saturated heterocycles. The smallest absolute Gasteiger partial charge is 0.000696 e. The summed E-state index contributed by atoms with van der Waals surface area (Å²) in [4.78, 5) is 0. The second-order valence-corrected chi connectivity index (χ2v) is 5.29. The highest BCUT2D eigenvalue weighted by Gasteiger charge is 2.12. The fourth-order valence-corrected chi connectivity index (χ4v) is 2.51. The molecule has 2 aromatic carbocycles. The third kappa shape index (κ3) is 2.49. The van der Waals surface area contributed by atoms with Gasteiger partial charge in [-0.2, -0.15) is 0 Å². The summed E-state index contributed by atoms with van der Waals surface area (Å²) in [5, 5.41) is 0. The zero-order chi connectivity index (χ0) is 14.0. The van der Waals surface area contributed by atoms with Crippen molar-refractivity contribution in [3.05, 3.63) is 71.3 Å². The van der Waals surface area contributed by atoms with Crippen LogP contribution in [0.5, 0.6) is 0 Å². The minimum Gasteiger partial charge on any atom is -0.102 e. The van der Waals surface area contributed by atoms with Crippen LogP contribution in [0.3, 0.4) is 0 Å². The molecule has 0 aliphatic carbocycles. The summed E-state index contributed by atoms with van der Waals surface area (Å²) in [5.74, 6) is 0.372. The van der Waals surface area contributed by atoms with Crippen molar-refractivity contribution >= 4 is 0 Å². The third-order valence-corrected chi connectivity index (χ3v) is 4.15. The van der Waals surface area contributed by atoms with E-state index in [1.165, 1.54) is 33.4 Å². The van der Waals surface area contributed by atoms with Crippen LogP contribution in [0.15, 0.2) is 49.1 Å². The van der Waals surface area contributed by atoms with E-state index in [0.29, 0.717) is 5.92 Å². The molecule has 2 rings (SSSR count). The zero-order valence-electron chi connectivity index (χ0n) is 12.3. The van der Waals surface area contributed by atoms with Crippen LogP contribution in [0.1, 0.15) is 35.1 Å². The fourth-order valence-electron chi connectivity index (χ4n) is 2.51. The van der Waals surface area contributed by atoms with Gasteiger partial charge in [0.2, 0.25) is 0 Å². The predicted molar refractivity (Wildman–Crippen MR) is 84.7 cm³/mol. The minimum atomic E-state index is 0.372. The molecule has 19 heavy (non-hydrogen) atoms. The van der Waals surface area contributed by atoms with Crippen LogP contribution in [-0.2, 0) is 0 Å². The van der Waals surface area contributed by atoms with Crippen LogP contribution >= 0.6 is 0 Å². The van der Waals surface area contributed by atoms with Crippen LogP contribution in [0.2, 0.25) is 0 Å². The summed E-state index contributed by atoms with van der Waals surface area (Å²) >= 11 is 0. The Morgan fingerprint density at radius 3 is 2.26 bits per heavy atom. The average molecular weight is 250 g/mol. The molecule has 0 bridgehead atoms. The first-order valence-electron chi connectivity index (χ1n) is 6.85. The van der Waals surface area contributed by atoms with Crippen molar-refractivity contribution in [2.24, 2.45) is 0 Å². The second kappa shape index (κ2) is 5.44. The topological polar surface area (TPSA) is 0 Å². The van der Waals surface area contributed by atoms with Gasteiger partial charge in [0.25, 0.3) is 0 Å². The Bertz CT molecular complexity index is 605. The molecule has 1 unspecified atom stereocenters. The molecule has 0 saturated carbocycles. The van der Waals surface area contributed by atoms with Gasteiger partial charge in [-0.05, 0) is 60.1 Å². The van der Waals surface area contributed by atoms with Crippen LogP contribution in [0.25, 0.3) is 11.1 Å². The molecule has 98 valence electrons. The van der Waals surface area contributed by atoms with Gasteiger partial charge in [-0.25, -0.2) is 0 Å². The van der Waals surface area contributed by atoms with E-state index >= 15 is 0 Å². The Kier molecular flexibility index (Phi) is 3.90. The zero-order valence-corrected chi connectivity index (χ0v) is 12.3. The van der Waals surface area contributed by atoms with Crippen molar-refractivity contribution in [1.82, 2.24) is 0 Å². The highest BCUT2D eigenvalue weighted by Crippen LogP contribution is 2.33. The number of rotatable bonds is 3. The maximum atomic E-state index is 3.93. The molecule has 1 atom stereocenters. The van der Waals surface area contributed by atoms with Crippen molar-refractivity contribution in [3.8, 4) is 11.1 Å². The van der Waals surface area contributed by atoms with E-state index in [9.17, 15) is 0 Å². The number of hydrogen-bond acceptors (Lipinski definition) is 0. The molecule has 0 nitrogen and oxygen atoms in total. The van der Waals surface area contributed by atoms with Crippen molar-refractivity contribution in [2.45, 2.75) is 33.6 Å². The SMILES string of the molecule is C=CC(C)c1ccccc1-c1ccc(C)c(C)c1C. The highest BCUT2D eigenvalue weighted by atomic mass is 14.2. The Balaban J connectivity index is 2.66. The Hall–Kier alpha value is -1.82. The van der Waals surface area contributed by atoms with Gasteiger partial charge < -0.3 is 0 Å². The summed E-state index contributed by atoms with van der Waals surface area (Å²) in [6.07, 6.45) is 2.01.